The van der Waals surface area contributed by atoms with Crippen molar-refractivity contribution in [1.82, 2.24) is 15.1 Å². The predicted octanol–water partition coefficient (Wildman–Crippen LogP) is 0.342. The molecule has 0 saturated carbocycles. The van der Waals surface area contributed by atoms with E-state index < -0.39 is 12.0 Å². The van der Waals surface area contributed by atoms with Crippen molar-refractivity contribution in [2.75, 3.05) is 19.8 Å². The van der Waals surface area contributed by atoms with Crippen LogP contribution in [0, 0.1) is 13.8 Å². The number of aromatic nitrogens is 2. The largest absolute Gasteiger partial charge is 0.481 e. The van der Waals surface area contributed by atoms with E-state index in [-0.39, 0.29) is 18.9 Å². The highest BCUT2D eigenvalue weighted by Crippen LogP contribution is 2.18. The summed E-state index contributed by atoms with van der Waals surface area (Å²) in [4.78, 5) is 24.9. The molecule has 104 valence electrons. The second-order valence-corrected chi connectivity index (χ2v) is 4.63. The molecule has 2 heterocycles. The van der Waals surface area contributed by atoms with E-state index in [4.69, 9.17) is 9.84 Å². The topological polar surface area (TPSA) is 95.5 Å². The highest BCUT2D eigenvalue weighted by atomic mass is 16.5. The zero-order valence-electron chi connectivity index (χ0n) is 11.0. The minimum atomic E-state index is -0.936. The molecule has 0 aliphatic carbocycles. The zero-order chi connectivity index (χ0) is 14.0. The van der Waals surface area contributed by atoms with Crippen molar-refractivity contribution in [3.63, 3.8) is 0 Å². The molecule has 1 aliphatic heterocycles. The van der Waals surface area contributed by atoms with Crippen LogP contribution in [0.25, 0.3) is 0 Å². The molecule has 1 fully saturated rings. The van der Waals surface area contributed by atoms with E-state index in [9.17, 15) is 9.59 Å². The molecule has 0 aromatic carbocycles. The monoisotopic (exact) mass is 267 g/mol. The van der Waals surface area contributed by atoms with Crippen molar-refractivity contribution in [3.05, 3.63) is 17.0 Å². The lowest BCUT2D eigenvalue weighted by molar-refractivity contribution is -0.139. The van der Waals surface area contributed by atoms with E-state index in [1.807, 2.05) is 0 Å². The van der Waals surface area contributed by atoms with Gasteiger partial charge < -0.3 is 14.7 Å². The van der Waals surface area contributed by atoms with Crippen LogP contribution >= 0.6 is 0 Å². The minimum absolute atomic E-state index is 0.109. The molecule has 0 radical (unpaired) electrons. The van der Waals surface area contributed by atoms with Crippen molar-refractivity contribution < 1.29 is 19.4 Å². The summed E-state index contributed by atoms with van der Waals surface area (Å²) < 4.78 is 5.26. The molecular formula is C12H17N3O4. The number of aryl methyl sites for hydroxylation is 2. The second kappa shape index (κ2) is 5.40. The number of carboxylic acid groups (broad SMARTS) is 1. The first-order valence-electron chi connectivity index (χ1n) is 6.12. The number of carbonyl (C=O) groups is 2. The molecule has 1 unspecified atom stereocenters. The first kappa shape index (κ1) is 13.5. The van der Waals surface area contributed by atoms with Crippen LogP contribution in [0.5, 0.6) is 0 Å². The first-order valence-corrected chi connectivity index (χ1v) is 6.12. The lowest BCUT2D eigenvalue weighted by atomic mass is 10.1. The van der Waals surface area contributed by atoms with Gasteiger partial charge in [-0.05, 0) is 13.8 Å². The molecule has 1 aliphatic rings. The lowest BCUT2D eigenvalue weighted by Gasteiger charge is -2.34. The fraction of sp³-hybridized carbons (Fsp3) is 0.583. The molecule has 1 amide bonds. The second-order valence-electron chi connectivity index (χ2n) is 4.63. The van der Waals surface area contributed by atoms with Gasteiger partial charge in [-0.3, -0.25) is 14.7 Å². The SMILES string of the molecule is Cc1n[nH]c(C)c1C(=O)N1CCOCC1CC(=O)O. The number of hydrogen-bond donors (Lipinski definition) is 2. The average Bonchev–Trinajstić information content (AvgIpc) is 2.68. The zero-order valence-corrected chi connectivity index (χ0v) is 11.0. The standard InChI is InChI=1S/C12H17N3O4/c1-7-11(8(2)14-13-7)12(18)15-3-4-19-6-9(15)5-10(16)17/h9H,3-6H2,1-2H3,(H,13,14)(H,16,17). The molecule has 0 spiro atoms. The Morgan fingerprint density at radius 3 is 2.84 bits per heavy atom. The van der Waals surface area contributed by atoms with Crippen molar-refractivity contribution in [2.24, 2.45) is 0 Å². The van der Waals surface area contributed by atoms with Crippen LogP contribution in [-0.2, 0) is 9.53 Å². The van der Waals surface area contributed by atoms with E-state index in [1.165, 1.54) is 0 Å². The Bertz CT molecular complexity index is 478. The molecule has 0 bridgehead atoms. The van der Waals surface area contributed by atoms with Crippen LogP contribution in [0.2, 0.25) is 0 Å². The van der Waals surface area contributed by atoms with Crippen molar-refractivity contribution in [3.8, 4) is 0 Å². The summed E-state index contributed by atoms with van der Waals surface area (Å²) in [6.07, 6.45) is -0.109. The summed E-state index contributed by atoms with van der Waals surface area (Å²) in [6, 6.07) is -0.424. The molecular weight excluding hydrogens is 250 g/mol. The molecule has 1 saturated heterocycles. The summed E-state index contributed by atoms with van der Waals surface area (Å²) in [6.45, 7) is 4.62. The molecule has 19 heavy (non-hydrogen) atoms. The quantitative estimate of drug-likeness (QED) is 0.823. The molecule has 1 aromatic rings. The Balaban J connectivity index is 2.22. The van der Waals surface area contributed by atoms with Crippen LogP contribution in [0.1, 0.15) is 28.2 Å². The molecule has 7 heteroatoms. The van der Waals surface area contributed by atoms with Crippen molar-refractivity contribution >= 4 is 11.9 Å². The van der Waals surface area contributed by atoms with Crippen molar-refractivity contribution in [1.29, 1.82) is 0 Å². The molecule has 7 nitrogen and oxygen atoms in total. The fourth-order valence-corrected chi connectivity index (χ4v) is 2.30. The Hall–Kier alpha value is -1.89. The number of carboxylic acids is 1. The fourth-order valence-electron chi connectivity index (χ4n) is 2.30. The number of rotatable bonds is 3. The van der Waals surface area contributed by atoms with Crippen LogP contribution in [0.15, 0.2) is 0 Å². The number of aromatic amines is 1. The van der Waals surface area contributed by atoms with Gasteiger partial charge in [0.15, 0.2) is 0 Å². The van der Waals surface area contributed by atoms with Gasteiger partial charge in [-0.2, -0.15) is 5.10 Å². The minimum Gasteiger partial charge on any atom is -0.481 e. The summed E-state index contributed by atoms with van der Waals surface area (Å²) in [7, 11) is 0. The van der Waals surface area contributed by atoms with Gasteiger partial charge >= 0.3 is 5.97 Å². The van der Waals surface area contributed by atoms with E-state index in [2.05, 4.69) is 10.2 Å². The van der Waals surface area contributed by atoms with Gasteiger partial charge in [-0.25, -0.2) is 0 Å². The summed E-state index contributed by atoms with van der Waals surface area (Å²) in [5, 5.41) is 15.7. The third kappa shape index (κ3) is 2.76. The maximum Gasteiger partial charge on any atom is 0.305 e. The van der Waals surface area contributed by atoms with E-state index in [0.717, 1.165) is 0 Å². The van der Waals surface area contributed by atoms with Gasteiger partial charge in [-0.15, -0.1) is 0 Å². The van der Waals surface area contributed by atoms with E-state index >= 15 is 0 Å². The first-order chi connectivity index (χ1) is 9.00. The smallest absolute Gasteiger partial charge is 0.305 e. The number of hydrogen-bond acceptors (Lipinski definition) is 4. The number of amides is 1. The molecule has 1 aromatic heterocycles. The highest BCUT2D eigenvalue weighted by Gasteiger charge is 2.31. The van der Waals surface area contributed by atoms with Gasteiger partial charge in [0.25, 0.3) is 5.91 Å². The third-order valence-electron chi connectivity index (χ3n) is 3.24. The van der Waals surface area contributed by atoms with Crippen LogP contribution in [0.3, 0.4) is 0 Å². The number of H-pyrrole nitrogens is 1. The van der Waals surface area contributed by atoms with Gasteiger partial charge in [0, 0.05) is 12.2 Å². The van der Waals surface area contributed by atoms with Gasteiger partial charge in [0.2, 0.25) is 0 Å². The number of aliphatic carboxylic acids is 1. The van der Waals surface area contributed by atoms with Crippen LogP contribution < -0.4 is 0 Å². The normalized spacial score (nSPS) is 19.5. The summed E-state index contributed by atoms with van der Waals surface area (Å²) in [5.74, 6) is -1.12. The van der Waals surface area contributed by atoms with E-state index in [1.54, 1.807) is 18.7 Å². The maximum atomic E-state index is 12.5. The van der Waals surface area contributed by atoms with Crippen LogP contribution in [0.4, 0.5) is 0 Å². The Morgan fingerprint density at radius 2 is 2.26 bits per heavy atom. The molecule has 1 atom stereocenters. The molecule has 2 rings (SSSR count). The van der Waals surface area contributed by atoms with Gasteiger partial charge in [0.1, 0.15) is 0 Å². The number of nitrogens with one attached hydrogen (secondary N) is 1. The Labute approximate surface area is 110 Å². The highest BCUT2D eigenvalue weighted by molar-refractivity contribution is 5.96. The van der Waals surface area contributed by atoms with Crippen LogP contribution in [-0.4, -0.2) is 57.9 Å². The number of morpholine rings is 1. The number of nitrogens with zero attached hydrogens (tertiary/aromatic N) is 2. The van der Waals surface area contributed by atoms with Crippen molar-refractivity contribution in [2.45, 2.75) is 26.3 Å². The summed E-state index contributed by atoms with van der Waals surface area (Å²) in [5.41, 5.74) is 1.85. The predicted molar refractivity (Wildman–Crippen MR) is 66.0 cm³/mol. The number of carbonyl (C=O) groups excluding carboxylic acids is 1. The number of ether oxygens (including phenoxy) is 1. The Morgan fingerprint density at radius 1 is 1.53 bits per heavy atom. The third-order valence-corrected chi connectivity index (χ3v) is 3.24. The van der Waals surface area contributed by atoms with Gasteiger partial charge in [0.05, 0.1) is 36.9 Å². The maximum absolute atomic E-state index is 12.5. The lowest BCUT2D eigenvalue weighted by Crippen LogP contribution is -2.49. The molecule has 2 N–H and O–H groups in total. The van der Waals surface area contributed by atoms with E-state index in [0.29, 0.717) is 30.1 Å². The summed E-state index contributed by atoms with van der Waals surface area (Å²) >= 11 is 0. The Kier molecular flexibility index (Phi) is 3.84. The van der Waals surface area contributed by atoms with Gasteiger partial charge in [-0.1, -0.05) is 0 Å². The average molecular weight is 267 g/mol.